The molecule has 7 heteroatoms. The molecule has 0 fully saturated rings. The Morgan fingerprint density at radius 2 is 1.88 bits per heavy atom. The Kier molecular flexibility index (Phi) is 6.55. The average Bonchev–Trinajstić information content (AvgIpc) is 2.56. The standard InChI is InChI=1S/C19H27FN2O3S/c1-6-17-21-18-15(10-14(11-16(18)20)13(4)12(2)3)19(22-17)25-8-7-9-26(5,23)24/h10-13H,6-9H2,1-5H3. The summed E-state index contributed by atoms with van der Waals surface area (Å²) < 4.78 is 42.9. The van der Waals surface area contributed by atoms with E-state index in [2.05, 4.69) is 30.7 Å². The fourth-order valence-corrected chi connectivity index (χ4v) is 3.28. The molecule has 1 aromatic carbocycles. The fraction of sp³-hybridized carbons (Fsp3) is 0.579. The minimum Gasteiger partial charge on any atom is -0.477 e. The van der Waals surface area contributed by atoms with E-state index in [1.54, 1.807) is 0 Å². The number of sulfone groups is 1. The van der Waals surface area contributed by atoms with Crippen molar-refractivity contribution in [1.29, 1.82) is 0 Å². The van der Waals surface area contributed by atoms with E-state index in [1.807, 2.05) is 13.0 Å². The number of benzene rings is 1. The first-order valence-electron chi connectivity index (χ1n) is 8.93. The van der Waals surface area contributed by atoms with Crippen LogP contribution in [0.1, 0.15) is 51.4 Å². The van der Waals surface area contributed by atoms with Crippen molar-refractivity contribution in [3.63, 3.8) is 0 Å². The van der Waals surface area contributed by atoms with E-state index >= 15 is 0 Å². The number of hydrogen-bond donors (Lipinski definition) is 0. The number of aromatic nitrogens is 2. The summed E-state index contributed by atoms with van der Waals surface area (Å²) in [5.41, 5.74) is 1.12. The number of ether oxygens (including phenoxy) is 1. The average molecular weight is 383 g/mol. The summed E-state index contributed by atoms with van der Waals surface area (Å²) in [5, 5.41) is 0.532. The van der Waals surface area contributed by atoms with Crippen LogP contribution in [0.25, 0.3) is 10.9 Å². The van der Waals surface area contributed by atoms with Crippen molar-refractivity contribution in [1.82, 2.24) is 9.97 Å². The third-order valence-corrected chi connectivity index (χ3v) is 5.56. The van der Waals surface area contributed by atoms with Crippen LogP contribution >= 0.6 is 0 Å². The van der Waals surface area contributed by atoms with Crippen molar-refractivity contribution in [3.8, 4) is 5.88 Å². The molecule has 0 N–H and O–H groups in total. The molecule has 1 heterocycles. The third-order valence-electron chi connectivity index (χ3n) is 4.53. The lowest BCUT2D eigenvalue weighted by molar-refractivity contribution is 0.308. The number of rotatable bonds is 8. The van der Waals surface area contributed by atoms with Gasteiger partial charge in [-0.3, -0.25) is 0 Å². The van der Waals surface area contributed by atoms with Crippen LogP contribution in [0.3, 0.4) is 0 Å². The van der Waals surface area contributed by atoms with Gasteiger partial charge in [0.15, 0.2) is 0 Å². The monoisotopic (exact) mass is 382 g/mol. The van der Waals surface area contributed by atoms with E-state index in [0.717, 1.165) is 5.56 Å². The molecule has 1 aromatic heterocycles. The normalized spacial score (nSPS) is 13.3. The smallest absolute Gasteiger partial charge is 0.224 e. The SMILES string of the molecule is CCc1nc(OCCCS(C)(=O)=O)c2cc(C(C)C(C)C)cc(F)c2n1. The van der Waals surface area contributed by atoms with Gasteiger partial charge in [0.2, 0.25) is 5.88 Å². The molecule has 0 saturated heterocycles. The van der Waals surface area contributed by atoms with Gasteiger partial charge in [-0.2, -0.15) is 4.98 Å². The highest BCUT2D eigenvalue weighted by Gasteiger charge is 2.18. The Balaban J connectivity index is 2.42. The maximum absolute atomic E-state index is 14.7. The number of fused-ring (bicyclic) bond motifs is 1. The van der Waals surface area contributed by atoms with E-state index in [-0.39, 0.29) is 29.6 Å². The molecule has 1 atom stereocenters. The molecule has 144 valence electrons. The highest BCUT2D eigenvalue weighted by Crippen LogP contribution is 2.32. The van der Waals surface area contributed by atoms with Gasteiger partial charge in [-0.05, 0) is 36.0 Å². The predicted molar refractivity (Wildman–Crippen MR) is 102 cm³/mol. The molecule has 0 aliphatic rings. The van der Waals surface area contributed by atoms with E-state index < -0.39 is 9.84 Å². The Hall–Kier alpha value is -1.76. The summed E-state index contributed by atoms with van der Waals surface area (Å²) >= 11 is 0. The maximum atomic E-state index is 14.7. The summed E-state index contributed by atoms with van der Waals surface area (Å²) in [6.45, 7) is 8.33. The molecular weight excluding hydrogens is 355 g/mol. The summed E-state index contributed by atoms with van der Waals surface area (Å²) in [6, 6.07) is 3.42. The highest BCUT2D eigenvalue weighted by atomic mass is 32.2. The number of nitrogens with zero attached hydrogens (tertiary/aromatic N) is 2. The van der Waals surface area contributed by atoms with Crippen LogP contribution in [0.15, 0.2) is 12.1 Å². The van der Waals surface area contributed by atoms with Crippen LogP contribution in [-0.2, 0) is 16.3 Å². The van der Waals surface area contributed by atoms with Gasteiger partial charge < -0.3 is 4.74 Å². The molecule has 0 saturated carbocycles. The van der Waals surface area contributed by atoms with Gasteiger partial charge >= 0.3 is 0 Å². The second-order valence-electron chi connectivity index (χ2n) is 7.06. The van der Waals surface area contributed by atoms with Crippen LogP contribution in [-0.4, -0.2) is 37.0 Å². The van der Waals surface area contributed by atoms with E-state index in [1.165, 1.54) is 12.3 Å². The minimum absolute atomic E-state index is 0.0423. The molecule has 0 aliphatic heterocycles. The predicted octanol–water partition coefficient (Wildman–Crippen LogP) is 3.90. The van der Waals surface area contributed by atoms with Gasteiger partial charge in [0.05, 0.1) is 17.7 Å². The van der Waals surface area contributed by atoms with Crippen LogP contribution in [0.4, 0.5) is 4.39 Å². The van der Waals surface area contributed by atoms with Crippen molar-refractivity contribution in [3.05, 3.63) is 29.3 Å². The highest BCUT2D eigenvalue weighted by molar-refractivity contribution is 7.90. The second kappa shape index (κ2) is 8.29. The van der Waals surface area contributed by atoms with Crippen molar-refractivity contribution in [2.75, 3.05) is 18.6 Å². The lowest BCUT2D eigenvalue weighted by atomic mass is 9.89. The van der Waals surface area contributed by atoms with Gasteiger partial charge in [-0.15, -0.1) is 0 Å². The zero-order valence-corrected chi connectivity index (χ0v) is 16.9. The third kappa shape index (κ3) is 5.13. The van der Waals surface area contributed by atoms with Crippen LogP contribution in [0, 0.1) is 11.7 Å². The fourth-order valence-electron chi connectivity index (χ4n) is 2.63. The topological polar surface area (TPSA) is 69.2 Å². The van der Waals surface area contributed by atoms with Crippen LogP contribution in [0.5, 0.6) is 5.88 Å². The molecule has 0 radical (unpaired) electrons. The largest absolute Gasteiger partial charge is 0.477 e. The summed E-state index contributed by atoms with van der Waals surface area (Å²) in [5.74, 6) is 1.01. The molecule has 0 aliphatic carbocycles. The van der Waals surface area contributed by atoms with Crippen molar-refractivity contribution in [2.24, 2.45) is 5.92 Å². The lowest BCUT2D eigenvalue weighted by Gasteiger charge is -2.18. The van der Waals surface area contributed by atoms with Gasteiger partial charge in [0, 0.05) is 12.7 Å². The molecule has 0 bridgehead atoms. The molecule has 2 rings (SSSR count). The minimum atomic E-state index is -3.04. The van der Waals surface area contributed by atoms with E-state index in [0.29, 0.717) is 35.9 Å². The van der Waals surface area contributed by atoms with Crippen LogP contribution in [0.2, 0.25) is 0 Å². The number of hydrogen-bond acceptors (Lipinski definition) is 5. The maximum Gasteiger partial charge on any atom is 0.224 e. The summed E-state index contributed by atoms with van der Waals surface area (Å²) in [6.07, 6.45) is 2.10. The summed E-state index contributed by atoms with van der Waals surface area (Å²) in [7, 11) is -3.04. The molecule has 0 spiro atoms. The zero-order valence-electron chi connectivity index (χ0n) is 16.0. The molecule has 26 heavy (non-hydrogen) atoms. The Morgan fingerprint density at radius 3 is 2.46 bits per heavy atom. The first kappa shape index (κ1) is 20.6. The number of halogens is 1. The Labute approximate surface area is 154 Å². The van der Waals surface area contributed by atoms with Crippen molar-refractivity contribution in [2.45, 2.75) is 46.5 Å². The van der Waals surface area contributed by atoms with Gasteiger partial charge in [0.1, 0.15) is 27.0 Å². The van der Waals surface area contributed by atoms with Gasteiger partial charge in [-0.1, -0.05) is 27.7 Å². The molecule has 5 nitrogen and oxygen atoms in total. The lowest BCUT2D eigenvalue weighted by Crippen LogP contribution is -2.10. The van der Waals surface area contributed by atoms with E-state index in [4.69, 9.17) is 4.74 Å². The molecule has 2 aromatic rings. The van der Waals surface area contributed by atoms with Gasteiger partial charge in [0.25, 0.3) is 0 Å². The number of aryl methyl sites for hydroxylation is 1. The molecular formula is C19H27FN2O3S. The summed E-state index contributed by atoms with van der Waals surface area (Å²) in [4.78, 5) is 8.70. The Morgan fingerprint density at radius 1 is 1.19 bits per heavy atom. The van der Waals surface area contributed by atoms with Crippen molar-refractivity contribution >= 4 is 20.7 Å². The van der Waals surface area contributed by atoms with E-state index in [9.17, 15) is 12.8 Å². The molecule has 0 amide bonds. The zero-order chi connectivity index (χ0) is 19.5. The quantitative estimate of drug-likeness (QED) is 0.648. The molecule has 1 unspecified atom stereocenters. The van der Waals surface area contributed by atoms with Gasteiger partial charge in [-0.25, -0.2) is 17.8 Å². The van der Waals surface area contributed by atoms with Crippen molar-refractivity contribution < 1.29 is 17.5 Å². The first-order valence-corrected chi connectivity index (χ1v) is 11.0. The second-order valence-corrected chi connectivity index (χ2v) is 9.32. The first-order chi connectivity index (χ1) is 12.1. The Bertz CT molecular complexity index is 882. The van der Waals surface area contributed by atoms with Crippen LogP contribution < -0.4 is 4.74 Å².